The minimum atomic E-state index is -0.110. The van der Waals surface area contributed by atoms with Gasteiger partial charge in [0.15, 0.2) is 5.96 Å². The predicted octanol–water partition coefficient (Wildman–Crippen LogP) is 3.66. The number of anilines is 1. The summed E-state index contributed by atoms with van der Waals surface area (Å²) < 4.78 is 0. The first kappa shape index (κ1) is 25.3. The first-order valence-electron chi connectivity index (χ1n) is 11.4. The Morgan fingerprint density at radius 1 is 1.03 bits per heavy atom. The highest BCUT2D eigenvalue weighted by Gasteiger charge is 2.21. The van der Waals surface area contributed by atoms with Gasteiger partial charge in [0.1, 0.15) is 0 Å². The van der Waals surface area contributed by atoms with Gasteiger partial charge in [-0.25, -0.2) is 0 Å². The third-order valence-electron chi connectivity index (χ3n) is 6.32. The molecular formula is C24H36IN5OS. The minimum Gasteiger partial charge on any atom is -0.393 e. The van der Waals surface area contributed by atoms with Crippen LogP contribution in [0.25, 0.3) is 0 Å². The number of nitrogens with zero attached hydrogens (tertiary/aromatic N) is 3. The summed E-state index contributed by atoms with van der Waals surface area (Å²) in [5.41, 5.74) is 2.59. The van der Waals surface area contributed by atoms with E-state index in [-0.39, 0.29) is 30.1 Å². The Hall–Kier alpha value is -1.36. The number of rotatable bonds is 6. The lowest BCUT2D eigenvalue weighted by Crippen LogP contribution is -2.48. The van der Waals surface area contributed by atoms with Gasteiger partial charge in [-0.15, -0.1) is 35.3 Å². The van der Waals surface area contributed by atoms with E-state index in [0.717, 1.165) is 70.9 Å². The summed E-state index contributed by atoms with van der Waals surface area (Å²) in [5, 5.41) is 20.3. The number of thiophene rings is 1. The summed E-state index contributed by atoms with van der Waals surface area (Å²) in [5.74, 6) is 0.880. The van der Waals surface area contributed by atoms with E-state index in [4.69, 9.17) is 0 Å². The van der Waals surface area contributed by atoms with E-state index in [1.54, 1.807) is 0 Å². The second-order valence-corrected chi connectivity index (χ2v) is 9.53. The molecule has 2 saturated heterocycles. The largest absolute Gasteiger partial charge is 0.393 e. The van der Waals surface area contributed by atoms with E-state index < -0.39 is 0 Å². The molecule has 0 saturated carbocycles. The van der Waals surface area contributed by atoms with Gasteiger partial charge in [-0.3, -0.25) is 9.89 Å². The Bertz CT molecular complexity index is 813. The Morgan fingerprint density at radius 2 is 1.72 bits per heavy atom. The van der Waals surface area contributed by atoms with Crippen LogP contribution in [0.4, 0.5) is 5.00 Å². The highest BCUT2D eigenvalue weighted by Crippen LogP contribution is 2.24. The molecule has 32 heavy (non-hydrogen) atoms. The Kier molecular flexibility index (Phi) is 10.1. The first-order valence-corrected chi connectivity index (χ1v) is 12.3. The quantitative estimate of drug-likeness (QED) is 0.282. The van der Waals surface area contributed by atoms with Crippen LogP contribution in [0.15, 0.2) is 46.8 Å². The van der Waals surface area contributed by atoms with Gasteiger partial charge in [0, 0.05) is 52.4 Å². The van der Waals surface area contributed by atoms with Crippen molar-refractivity contribution < 1.29 is 5.11 Å². The fraction of sp³-hybridized carbons (Fsp3) is 0.542. The third kappa shape index (κ3) is 7.33. The summed E-state index contributed by atoms with van der Waals surface area (Å²) >= 11 is 1.82. The lowest BCUT2D eigenvalue weighted by atomic mass is 10.1. The average Bonchev–Trinajstić information content (AvgIpc) is 3.34. The molecule has 0 amide bonds. The standard InChI is InChI=1S/C24H35N5OS.HI/c1-25-24(27-21-8-14-29(15-9-21)23-3-2-16-31-23)26-17-19-4-6-20(7-5-19)18-28-12-10-22(30)11-13-28;/h2-7,16,21-22,30H,8-15,17-18H2,1H3,(H2,25,26,27);1H. The number of likely N-dealkylation sites (tertiary alicyclic amines) is 1. The smallest absolute Gasteiger partial charge is 0.191 e. The lowest BCUT2D eigenvalue weighted by molar-refractivity contribution is 0.0792. The number of nitrogens with one attached hydrogen (secondary N) is 2. The zero-order valence-corrected chi connectivity index (χ0v) is 22.0. The Balaban J connectivity index is 0.00000289. The van der Waals surface area contributed by atoms with Crippen molar-refractivity contribution in [2.75, 3.05) is 38.1 Å². The molecule has 0 aliphatic carbocycles. The molecular weight excluding hydrogens is 533 g/mol. The Labute approximate surface area is 213 Å². The van der Waals surface area contributed by atoms with Crippen molar-refractivity contribution in [2.24, 2.45) is 4.99 Å². The number of benzene rings is 1. The van der Waals surface area contributed by atoms with Crippen molar-refractivity contribution in [1.82, 2.24) is 15.5 Å². The maximum atomic E-state index is 9.66. The van der Waals surface area contributed by atoms with Crippen LogP contribution in [0.2, 0.25) is 0 Å². The van der Waals surface area contributed by atoms with Crippen molar-refractivity contribution >= 4 is 46.3 Å². The number of aliphatic hydroxyl groups is 1. The highest BCUT2D eigenvalue weighted by atomic mass is 127. The van der Waals surface area contributed by atoms with Crippen LogP contribution in [0, 0.1) is 0 Å². The van der Waals surface area contributed by atoms with E-state index >= 15 is 0 Å². The van der Waals surface area contributed by atoms with Crippen molar-refractivity contribution in [3.8, 4) is 0 Å². The van der Waals surface area contributed by atoms with Crippen LogP contribution in [0.1, 0.15) is 36.8 Å². The molecule has 176 valence electrons. The van der Waals surface area contributed by atoms with Crippen molar-refractivity contribution in [3.05, 3.63) is 52.9 Å². The number of piperidine rings is 2. The van der Waals surface area contributed by atoms with E-state index in [0.29, 0.717) is 6.04 Å². The molecule has 0 bridgehead atoms. The molecule has 0 radical (unpaired) electrons. The molecule has 3 N–H and O–H groups in total. The fourth-order valence-electron chi connectivity index (χ4n) is 4.37. The normalized spacial score (nSPS) is 18.9. The molecule has 1 aromatic carbocycles. The molecule has 8 heteroatoms. The van der Waals surface area contributed by atoms with Gasteiger partial charge in [0.2, 0.25) is 0 Å². The van der Waals surface area contributed by atoms with Gasteiger partial charge in [-0.1, -0.05) is 24.3 Å². The van der Waals surface area contributed by atoms with Crippen LogP contribution in [-0.4, -0.2) is 61.3 Å². The molecule has 2 fully saturated rings. The number of aliphatic imine (C=N–C) groups is 1. The van der Waals surface area contributed by atoms with Crippen molar-refractivity contribution in [3.63, 3.8) is 0 Å². The van der Waals surface area contributed by atoms with Gasteiger partial charge < -0.3 is 20.6 Å². The predicted molar refractivity (Wildman–Crippen MR) is 145 cm³/mol. The van der Waals surface area contributed by atoms with Crippen LogP contribution in [0.5, 0.6) is 0 Å². The molecule has 2 aliphatic rings. The number of hydrogen-bond donors (Lipinski definition) is 3. The second kappa shape index (κ2) is 12.8. The van der Waals surface area contributed by atoms with Gasteiger partial charge in [-0.05, 0) is 54.3 Å². The Morgan fingerprint density at radius 3 is 2.34 bits per heavy atom. The number of aliphatic hydroxyl groups excluding tert-OH is 1. The molecule has 0 spiro atoms. The first-order chi connectivity index (χ1) is 15.2. The van der Waals surface area contributed by atoms with Crippen LogP contribution >= 0.6 is 35.3 Å². The number of halogens is 1. The number of hydrogen-bond acceptors (Lipinski definition) is 5. The lowest BCUT2D eigenvalue weighted by Gasteiger charge is -2.33. The maximum Gasteiger partial charge on any atom is 0.191 e. The van der Waals surface area contributed by atoms with E-state index in [1.165, 1.54) is 16.1 Å². The summed E-state index contributed by atoms with van der Waals surface area (Å²) in [4.78, 5) is 9.33. The van der Waals surface area contributed by atoms with Gasteiger partial charge in [-0.2, -0.15) is 0 Å². The van der Waals surface area contributed by atoms with Gasteiger partial charge >= 0.3 is 0 Å². The maximum absolute atomic E-state index is 9.66. The minimum absolute atomic E-state index is 0. The van der Waals surface area contributed by atoms with Crippen LogP contribution < -0.4 is 15.5 Å². The van der Waals surface area contributed by atoms with E-state index in [9.17, 15) is 5.11 Å². The molecule has 6 nitrogen and oxygen atoms in total. The highest BCUT2D eigenvalue weighted by molar-refractivity contribution is 14.0. The van der Waals surface area contributed by atoms with E-state index in [1.807, 2.05) is 18.4 Å². The molecule has 0 unspecified atom stereocenters. The van der Waals surface area contributed by atoms with Crippen molar-refractivity contribution in [1.29, 1.82) is 0 Å². The molecule has 4 rings (SSSR count). The third-order valence-corrected chi connectivity index (χ3v) is 7.25. The molecule has 3 heterocycles. The summed E-state index contributed by atoms with van der Waals surface area (Å²) in [6.45, 7) is 5.88. The van der Waals surface area contributed by atoms with E-state index in [2.05, 4.69) is 67.2 Å². The summed E-state index contributed by atoms with van der Waals surface area (Å²) in [7, 11) is 1.84. The monoisotopic (exact) mass is 569 g/mol. The van der Waals surface area contributed by atoms with Crippen LogP contribution in [-0.2, 0) is 13.1 Å². The fourth-order valence-corrected chi connectivity index (χ4v) is 5.15. The van der Waals surface area contributed by atoms with Gasteiger partial charge in [0.05, 0.1) is 11.1 Å². The zero-order chi connectivity index (χ0) is 21.5. The summed E-state index contributed by atoms with van der Waals surface area (Å²) in [6.07, 6.45) is 3.92. The summed E-state index contributed by atoms with van der Waals surface area (Å²) in [6, 6.07) is 13.6. The molecule has 0 atom stereocenters. The van der Waals surface area contributed by atoms with Crippen molar-refractivity contribution in [2.45, 2.75) is 50.9 Å². The zero-order valence-electron chi connectivity index (χ0n) is 18.9. The average molecular weight is 570 g/mol. The molecule has 1 aromatic heterocycles. The topological polar surface area (TPSA) is 63.1 Å². The SMILES string of the molecule is CN=C(NCc1ccc(CN2CCC(O)CC2)cc1)NC1CCN(c2cccs2)CC1.I. The molecule has 2 aliphatic heterocycles. The van der Waals surface area contributed by atoms with Gasteiger partial charge in [0.25, 0.3) is 0 Å². The second-order valence-electron chi connectivity index (χ2n) is 8.61. The number of guanidine groups is 1. The van der Waals surface area contributed by atoms with Crippen LogP contribution in [0.3, 0.4) is 0 Å². The molecule has 2 aromatic rings.